The molecular formula is C11H24N2. The van der Waals surface area contributed by atoms with Crippen molar-refractivity contribution in [2.24, 2.45) is 11.7 Å². The molecule has 2 heteroatoms. The monoisotopic (exact) mass is 184 g/mol. The normalized spacial score (nSPS) is 28.4. The highest BCUT2D eigenvalue weighted by atomic mass is 15.1. The molecule has 0 saturated carbocycles. The van der Waals surface area contributed by atoms with Gasteiger partial charge >= 0.3 is 0 Å². The standard InChI is InChI=1S/C11H24N2/c1-3-11(12)9-13-7-4-5-10(2)6-8-13/h10-11H,3-9,12H2,1-2H3/t10?,11-/m1/s1. The van der Waals surface area contributed by atoms with Crippen molar-refractivity contribution in [3.8, 4) is 0 Å². The Bertz CT molecular complexity index is 136. The second kappa shape index (κ2) is 5.61. The van der Waals surface area contributed by atoms with E-state index in [4.69, 9.17) is 5.73 Å². The SMILES string of the molecule is CC[C@@H](N)CN1CCCC(C)CC1. The average molecular weight is 184 g/mol. The molecule has 1 rings (SSSR count). The van der Waals surface area contributed by atoms with Crippen molar-refractivity contribution in [1.29, 1.82) is 0 Å². The van der Waals surface area contributed by atoms with Crippen molar-refractivity contribution in [2.45, 2.75) is 45.6 Å². The fraction of sp³-hybridized carbons (Fsp3) is 1.00. The van der Waals surface area contributed by atoms with E-state index < -0.39 is 0 Å². The number of nitrogens with two attached hydrogens (primary N) is 1. The van der Waals surface area contributed by atoms with Gasteiger partial charge in [0, 0.05) is 12.6 Å². The molecule has 1 saturated heterocycles. The lowest BCUT2D eigenvalue weighted by Gasteiger charge is -2.23. The molecule has 0 aromatic rings. The van der Waals surface area contributed by atoms with Crippen molar-refractivity contribution in [3.63, 3.8) is 0 Å². The van der Waals surface area contributed by atoms with Crippen molar-refractivity contribution < 1.29 is 0 Å². The third-order valence-corrected chi connectivity index (χ3v) is 3.13. The summed E-state index contributed by atoms with van der Waals surface area (Å²) in [4.78, 5) is 2.54. The predicted octanol–water partition coefficient (Wildman–Crippen LogP) is 1.85. The Kier molecular flexibility index (Phi) is 4.74. The van der Waals surface area contributed by atoms with Crippen LogP contribution in [-0.2, 0) is 0 Å². The summed E-state index contributed by atoms with van der Waals surface area (Å²) in [7, 11) is 0. The number of likely N-dealkylation sites (tertiary alicyclic amines) is 1. The minimum Gasteiger partial charge on any atom is -0.327 e. The summed E-state index contributed by atoms with van der Waals surface area (Å²) < 4.78 is 0. The van der Waals surface area contributed by atoms with Gasteiger partial charge in [-0.1, -0.05) is 13.8 Å². The molecule has 13 heavy (non-hydrogen) atoms. The molecule has 0 aromatic carbocycles. The summed E-state index contributed by atoms with van der Waals surface area (Å²) in [6.07, 6.45) is 5.22. The lowest BCUT2D eigenvalue weighted by molar-refractivity contribution is 0.261. The molecule has 0 aromatic heterocycles. The van der Waals surface area contributed by atoms with E-state index in [0.29, 0.717) is 6.04 Å². The molecule has 2 nitrogen and oxygen atoms in total. The van der Waals surface area contributed by atoms with Crippen LogP contribution in [0.3, 0.4) is 0 Å². The van der Waals surface area contributed by atoms with Gasteiger partial charge in [-0.3, -0.25) is 0 Å². The molecule has 1 fully saturated rings. The maximum atomic E-state index is 5.95. The molecule has 1 aliphatic rings. The van der Waals surface area contributed by atoms with Crippen LogP contribution < -0.4 is 5.73 Å². The smallest absolute Gasteiger partial charge is 0.0165 e. The van der Waals surface area contributed by atoms with Crippen molar-refractivity contribution in [3.05, 3.63) is 0 Å². The van der Waals surface area contributed by atoms with Gasteiger partial charge in [-0.2, -0.15) is 0 Å². The average Bonchev–Trinajstić information content (AvgIpc) is 2.31. The molecule has 0 amide bonds. The highest BCUT2D eigenvalue weighted by Gasteiger charge is 2.14. The predicted molar refractivity (Wildman–Crippen MR) is 57.7 cm³/mol. The molecule has 1 unspecified atom stereocenters. The quantitative estimate of drug-likeness (QED) is 0.725. The lowest BCUT2D eigenvalue weighted by atomic mass is 10.0. The minimum atomic E-state index is 0.383. The Morgan fingerprint density at radius 3 is 2.85 bits per heavy atom. The van der Waals surface area contributed by atoms with Gasteiger partial charge in [0.15, 0.2) is 0 Å². The Balaban J connectivity index is 2.25. The van der Waals surface area contributed by atoms with Crippen LogP contribution in [0.4, 0.5) is 0 Å². The second-order valence-corrected chi connectivity index (χ2v) is 4.51. The zero-order valence-electron chi connectivity index (χ0n) is 9.13. The summed E-state index contributed by atoms with van der Waals surface area (Å²) in [5.74, 6) is 0.919. The number of hydrogen-bond donors (Lipinski definition) is 1. The van der Waals surface area contributed by atoms with Gasteiger partial charge in [0.05, 0.1) is 0 Å². The Morgan fingerprint density at radius 2 is 2.15 bits per heavy atom. The largest absolute Gasteiger partial charge is 0.327 e. The van der Waals surface area contributed by atoms with E-state index in [2.05, 4.69) is 18.7 Å². The van der Waals surface area contributed by atoms with Gasteiger partial charge in [0.2, 0.25) is 0 Å². The second-order valence-electron chi connectivity index (χ2n) is 4.51. The summed E-state index contributed by atoms with van der Waals surface area (Å²) in [5.41, 5.74) is 5.95. The van der Waals surface area contributed by atoms with E-state index >= 15 is 0 Å². The molecule has 0 aliphatic carbocycles. The summed E-state index contributed by atoms with van der Waals surface area (Å²) in [6, 6.07) is 0.383. The van der Waals surface area contributed by atoms with E-state index in [-0.39, 0.29) is 0 Å². The van der Waals surface area contributed by atoms with Crippen LogP contribution in [0.5, 0.6) is 0 Å². The molecule has 2 atom stereocenters. The van der Waals surface area contributed by atoms with E-state index in [9.17, 15) is 0 Å². The van der Waals surface area contributed by atoms with Crippen molar-refractivity contribution in [1.82, 2.24) is 4.90 Å². The van der Waals surface area contributed by atoms with Crippen LogP contribution >= 0.6 is 0 Å². The first-order valence-electron chi connectivity index (χ1n) is 5.70. The molecule has 1 aliphatic heterocycles. The highest BCUT2D eigenvalue weighted by molar-refractivity contribution is 4.71. The third kappa shape index (κ3) is 4.10. The van der Waals surface area contributed by atoms with Gasteiger partial charge < -0.3 is 10.6 Å². The number of hydrogen-bond acceptors (Lipinski definition) is 2. The summed E-state index contributed by atoms with van der Waals surface area (Å²) in [5, 5.41) is 0. The van der Waals surface area contributed by atoms with Crippen LogP contribution in [0.25, 0.3) is 0 Å². The first-order valence-corrected chi connectivity index (χ1v) is 5.70. The molecule has 78 valence electrons. The number of nitrogens with zero attached hydrogens (tertiary/aromatic N) is 1. The molecule has 2 N–H and O–H groups in total. The molecule has 1 heterocycles. The van der Waals surface area contributed by atoms with E-state index in [1.54, 1.807) is 0 Å². The van der Waals surface area contributed by atoms with Crippen LogP contribution in [0.1, 0.15) is 39.5 Å². The van der Waals surface area contributed by atoms with Crippen molar-refractivity contribution >= 4 is 0 Å². The third-order valence-electron chi connectivity index (χ3n) is 3.13. The maximum absolute atomic E-state index is 5.95. The zero-order valence-corrected chi connectivity index (χ0v) is 9.13. The van der Waals surface area contributed by atoms with Gasteiger partial charge in [-0.25, -0.2) is 0 Å². The Morgan fingerprint density at radius 1 is 1.38 bits per heavy atom. The highest BCUT2D eigenvalue weighted by Crippen LogP contribution is 2.16. The van der Waals surface area contributed by atoms with E-state index in [1.165, 1.54) is 32.4 Å². The molecular weight excluding hydrogens is 160 g/mol. The summed E-state index contributed by atoms with van der Waals surface area (Å²) in [6.45, 7) is 8.16. The van der Waals surface area contributed by atoms with Gasteiger partial charge in [0.25, 0.3) is 0 Å². The fourth-order valence-corrected chi connectivity index (χ4v) is 1.97. The van der Waals surface area contributed by atoms with Gasteiger partial charge in [-0.05, 0) is 44.7 Å². The topological polar surface area (TPSA) is 29.3 Å². The molecule has 0 radical (unpaired) electrons. The number of rotatable bonds is 3. The Hall–Kier alpha value is -0.0800. The zero-order chi connectivity index (χ0) is 9.68. The van der Waals surface area contributed by atoms with Crippen LogP contribution in [0.2, 0.25) is 0 Å². The first kappa shape index (κ1) is 11.0. The molecule has 0 bridgehead atoms. The van der Waals surface area contributed by atoms with Crippen LogP contribution in [0.15, 0.2) is 0 Å². The summed E-state index contributed by atoms with van der Waals surface area (Å²) >= 11 is 0. The Labute approximate surface area is 82.5 Å². The van der Waals surface area contributed by atoms with E-state index in [1.807, 2.05) is 0 Å². The minimum absolute atomic E-state index is 0.383. The van der Waals surface area contributed by atoms with Crippen molar-refractivity contribution in [2.75, 3.05) is 19.6 Å². The van der Waals surface area contributed by atoms with Crippen LogP contribution in [0, 0.1) is 5.92 Å². The molecule has 0 spiro atoms. The lowest BCUT2D eigenvalue weighted by Crippen LogP contribution is -2.37. The van der Waals surface area contributed by atoms with Gasteiger partial charge in [-0.15, -0.1) is 0 Å². The van der Waals surface area contributed by atoms with E-state index in [0.717, 1.165) is 18.9 Å². The first-order chi connectivity index (χ1) is 6.22. The maximum Gasteiger partial charge on any atom is 0.0165 e. The van der Waals surface area contributed by atoms with Gasteiger partial charge in [0.1, 0.15) is 0 Å². The van der Waals surface area contributed by atoms with Crippen LogP contribution in [-0.4, -0.2) is 30.6 Å². The fourth-order valence-electron chi connectivity index (χ4n) is 1.97.